The second-order valence-corrected chi connectivity index (χ2v) is 8.32. The Hall–Kier alpha value is -2.56. The van der Waals surface area contributed by atoms with E-state index in [-0.39, 0.29) is 0 Å². The SMILES string of the molecule is Cc1c(-c2ccncn2)ccc2c1CN(C)CC2c1ccc2ccsc2c1. The van der Waals surface area contributed by atoms with E-state index in [9.17, 15) is 0 Å². The van der Waals surface area contributed by atoms with Crippen molar-refractivity contribution in [3.63, 3.8) is 0 Å². The lowest BCUT2D eigenvalue weighted by molar-refractivity contribution is 0.294. The largest absolute Gasteiger partial charge is 0.301 e. The molecule has 1 aliphatic rings. The molecule has 0 radical (unpaired) electrons. The van der Waals surface area contributed by atoms with Crippen LogP contribution in [0.4, 0.5) is 0 Å². The van der Waals surface area contributed by atoms with Crippen LogP contribution >= 0.6 is 11.3 Å². The van der Waals surface area contributed by atoms with Crippen LogP contribution in [0.5, 0.6) is 0 Å². The van der Waals surface area contributed by atoms with E-state index in [1.165, 1.54) is 37.9 Å². The molecule has 3 heterocycles. The van der Waals surface area contributed by atoms with Crippen molar-refractivity contribution >= 4 is 21.4 Å². The van der Waals surface area contributed by atoms with E-state index in [1.807, 2.05) is 23.6 Å². The Bertz CT molecular complexity index is 1120. The van der Waals surface area contributed by atoms with Crippen molar-refractivity contribution in [2.45, 2.75) is 19.4 Å². The number of likely N-dealkylation sites (N-methyl/N-ethyl adjacent to an activating group) is 1. The van der Waals surface area contributed by atoms with Gasteiger partial charge in [-0.1, -0.05) is 24.3 Å². The molecule has 4 heteroatoms. The molecule has 134 valence electrons. The van der Waals surface area contributed by atoms with Crippen molar-refractivity contribution in [2.75, 3.05) is 13.6 Å². The maximum absolute atomic E-state index is 4.46. The first-order valence-corrected chi connectivity index (χ1v) is 10.1. The molecule has 4 aromatic rings. The summed E-state index contributed by atoms with van der Waals surface area (Å²) in [5.74, 6) is 0.406. The van der Waals surface area contributed by atoms with Gasteiger partial charge in [0.2, 0.25) is 0 Å². The van der Waals surface area contributed by atoms with Gasteiger partial charge in [0, 0.05) is 35.5 Å². The normalized spacial score (nSPS) is 17.2. The second-order valence-electron chi connectivity index (χ2n) is 7.37. The van der Waals surface area contributed by atoms with E-state index in [0.29, 0.717) is 5.92 Å². The number of benzene rings is 2. The highest BCUT2D eigenvalue weighted by molar-refractivity contribution is 7.17. The lowest BCUT2D eigenvalue weighted by Crippen LogP contribution is -2.31. The van der Waals surface area contributed by atoms with Crippen LogP contribution in [-0.4, -0.2) is 28.5 Å². The summed E-state index contributed by atoms with van der Waals surface area (Å²) >= 11 is 1.82. The average Bonchev–Trinajstić information content (AvgIpc) is 3.17. The van der Waals surface area contributed by atoms with Gasteiger partial charge in [-0.3, -0.25) is 0 Å². The number of aromatic nitrogens is 2. The van der Waals surface area contributed by atoms with Crippen molar-refractivity contribution in [1.29, 1.82) is 0 Å². The third-order valence-electron chi connectivity index (χ3n) is 5.67. The van der Waals surface area contributed by atoms with Gasteiger partial charge in [-0.05, 0) is 65.2 Å². The van der Waals surface area contributed by atoms with E-state index < -0.39 is 0 Å². The molecule has 0 spiro atoms. The van der Waals surface area contributed by atoms with Gasteiger partial charge in [-0.25, -0.2) is 9.97 Å². The summed E-state index contributed by atoms with van der Waals surface area (Å²) in [5.41, 5.74) is 7.84. The van der Waals surface area contributed by atoms with Gasteiger partial charge in [-0.2, -0.15) is 0 Å². The number of hydrogen-bond donors (Lipinski definition) is 0. The van der Waals surface area contributed by atoms with E-state index in [1.54, 1.807) is 6.33 Å². The molecule has 0 bridgehead atoms. The monoisotopic (exact) mass is 371 g/mol. The lowest BCUT2D eigenvalue weighted by Gasteiger charge is -2.34. The van der Waals surface area contributed by atoms with E-state index in [4.69, 9.17) is 0 Å². The Labute approximate surface area is 163 Å². The van der Waals surface area contributed by atoms with Crippen LogP contribution in [0.2, 0.25) is 0 Å². The quantitative estimate of drug-likeness (QED) is 0.482. The van der Waals surface area contributed by atoms with Gasteiger partial charge >= 0.3 is 0 Å². The zero-order chi connectivity index (χ0) is 18.4. The molecule has 0 fully saturated rings. The number of thiophene rings is 1. The summed E-state index contributed by atoms with van der Waals surface area (Å²) in [5, 5.41) is 3.51. The minimum absolute atomic E-state index is 0.406. The Morgan fingerprint density at radius 2 is 2.04 bits per heavy atom. The number of rotatable bonds is 2. The van der Waals surface area contributed by atoms with Crippen LogP contribution in [0.15, 0.2) is 60.4 Å². The molecule has 3 nitrogen and oxygen atoms in total. The second kappa shape index (κ2) is 6.55. The molecule has 27 heavy (non-hydrogen) atoms. The van der Waals surface area contributed by atoms with Gasteiger partial charge in [0.15, 0.2) is 0 Å². The molecule has 1 unspecified atom stereocenters. The summed E-state index contributed by atoms with van der Waals surface area (Å²) < 4.78 is 1.37. The van der Waals surface area contributed by atoms with E-state index >= 15 is 0 Å². The molecule has 0 saturated carbocycles. The van der Waals surface area contributed by atoms with E-state index in [2.05, 4.69) is 70.6 Å². The van der Waals surface area contributed by atoms with Gasteiger partial charge in [0.25, 0.3) is 0 Å². The molecule has 0 aliphatic carbocycles. The molecule has 0 N–H and O–H groups in total. The molecule has 2 aromatic carbocycles. The van der Waals surface area contributed by atoms with Gasteiger partial charge in [0.1, 0.15) is 6.33 Å². The Morgan fingerprint density at radius 1 is 1.11 bits per heavy atom. The highest BCUT2D eigenvalue weighted by Crippen LogP contribution is 2.38. The summed E-state index contributed by atoms with van der Waals surface area (Å²) in [7, 11) is 2.22. The van der Waals surface area contributed by atoms with Crippen molar-refractivity contribution in [3.8, 4) is 11.3 Å². The van der Waals surface area contributed by atoms with Crippen LogP contribution < -0.4 is 0 Å². The fourth-order valence-electron chi connectivity index (χ4n) is 4.26. The minimum Gasteiger partial charge on any atom is -0.301 e. The predicted octanol–water partition coefficient (Wildman–Crippen LogP) is 5.24. The minimum atomic E-state index is 0.406. The fraction of sp³-hybridized carbons (Fsp3) is 0.217. The average molecular weight is 372 g/mol. The first kappa shape index (κ1) is 16.6. The molecule has 0 saturated heterocycles. The van der Waals surface area contributed by atoms with E-state index in [0.717, 1.165) is 18.8 Å². The van der Waals surface area contributed by atoms with Crippen LogP contribution in [0, 0.1) is 6.92 Å². The Morgan fingerprint density at radius 3 is 2.89 bits per heavy atom. The zero-order valence-electron chi connectivity index (χ0n) is 15.5. The van der Waals surface area contributed by atoms with Crippen LogP contribution in [-0.2, 0) is 6.54 Å². The topological polar surface area (TPSA) is 29.0 Å². The third kappa shape index (κ3) is 2.85. The lowest BCUT2D eigenvalue weighted by atomic mass is 9.81. The summed E-state index contributed by atoms with van der Waals surface area (Å²) in [4.78, 5) is 10.9. The van der Waals surface area contributed by atoms with Crippen molar-refractivity contribution < 1.29 is 0 Å². The summed E-state index contributed by atoms with van der Waals surface area (Å²) in [6, 6.07) is 15.7. The first-order chi connectivity index (χ1) is 13.2. The summed E-state index contributed by atoms with van der Waals surface area (Å²) in [6.45, 7) is 4.27. The first-order valence-electron chi connectivity index (χ1n) is 9.25. The van der Waals surface area contributed by atoms with Crippen LogP contribution in [0.1, 0.15) is 28.2 Å². The van der Waals surface area contributed by atoms with Crippen molar-refractivity contribution in [2.24, 2.45) is 0 Å². The molecule has 1 atom stereocenters. The number of hydrogen-bond acceptors (Lipinski definition) is 4. The van der Waals surface area contributed by atoms with Gasteiger partial charge in [-0.15, -0.1) is 11.3 Å². The Balaban J connectivity index is 1.64. The van der Waals surface area contributed by atoms with Crippen LogP contribution in [0.3, 0.4) is 0 Å². The Kier molecular flexibility index (Phi) is 4.03. The fourth-order valence-corrected chi connectivity index (χ4v) is 5.10. The maximum Gasteiger partial charge on any atom is 0.116 e. The molecular formula is C23H21N3S. The van der Waals surface area contributed by atoms with Gasteiger partial charge < -0.3 is 4.90 Å². The highest BCUT2D eigenvalue weighted by Gasteiger charge is 2.27. The van der Waals surface area contributed by atoms with Gasteiger partial charge in [0.05, 0.1) is 5.69 Å². The van der Waals surface area contributed by atoms with Crippen molar-refractivity contribution in [1.82, 2.24) is 14.9 Å². The number of nitrogens with zero attached hydrogens (tertiary/aromatic N) is 3. The highest BCUT2D eigenvalue weighted by atomic mass is 32.1. The molecule has 5 rings (SSSR count). The standard InChI is InChI=1S/C23H21N3S/c1-15-18(22-7-9-24-14-25-22)5-6-19-20(15)12-26(2)13-21(19)17-4-3-16-8-10-27-23(16)11-17/h3-11,14,21H,12-13H2,1-2H3. The third-order valence-corrected chi connectivity index (χ3v) is 6.55. The summed E-state index contributed by atoms with van der Waals surface area (Å²) in [6.07, 6.45) is 3.44. The molecule has 0 amide bonds. The predicted molar refractivity (Wildman–Crippen MR) is 112 cm³/mol. The number of fused-ring (bicyclic) bond motifs is 2. The molecule has 2 aromatic heterocycles. The smallest absolute Gasteiger partial charge is 0.116 e. The van der Waals surface area contributed by atoms with Crippen LogP contribution in [0.25, 0.3) is 21.3 Å². The molecular weight excluding hydrogens is 350 g/mol. The van der Waals surface area contributed by atoms with Crippen molar-refractivity contribution in [3.05, 3.63) is 82.6 Å². The zero-order valence-corrected chi connectivity index (χ0v) is 16.3. The molecule has 1 aliphatic heterocycles. The maximum atomic E-state index is 4.46.